The summed E-state index contributed by atoms with van der Waals surface area (Å²) in [6, 6.07) is 15.8. The van der Waals surface area contributed by atoms with Gasteiger partial charge < -0.3 is 15.5 Å². The van der Waals surface area contributed by atoms with Crippen LogP contribution in [0, 0.1) is 6.92 Å². The Kier molecular flexibility index (Phi) is 5.59. The van der Waals surface area contributed by atoms with Crippen molar-refractivity contribution in [3.8, 4) is 0 Å². The third-order valence-electron chi connectivity index (χ3n) is 4.69. The number of carbonyl (C=O) groups excluding carboxylic acids is 1. The van der Waals surface area contributed by atoms with Crippen LogP contribution in [0.15, 0.2) is 48.5 Å². The minimum absolute atomic E-state index is 0.0303. The second kappa shape index (κ2) is 8.06. The van der Waals surface area contributed by atoms with Crippen LogP contribution in [-0.2, 0) is 4.79 Å². The molecule has 4 heteroatoms. The van der Waals surface area contributed by atoms with Crippen LogP contribution in [0.1, 0.15) is 31.7 Å². The van der Waals surface area contributed by atoms with Crippen molar-refractivity contribution in [1.29, 1.82) is 0 Å². The highest BCUT2D eigenvalue weighted by molar-refractivity contribution is 5.96. The lowest BCUT2D eigenvalue weighted by molar-refractivity contribution is -0.116. The van der Waals surface area contributed by atoms with Gasteiger partial charge in [0.25, 0.3) is 0 Å². The number of para-hydroxylation sites is 2. The van der Waals surface area contributed by atoms with Gasteiger partial charge in [-0.15, -0.1) is 0 Å². The van der Waals surface area contributed by atoms with Crippen molar-refractivity contribution in [2.45, 2.75) is 39.2 Å². The first-order chi connectivity index (χ1) is 12.1. The number of hydrogen-bond acceptors (Lipinski definition) is 3. The summed E-state index contributed by atoms with van der Waals surface area (Å²) in [7, 11) is 0. The van der Waals surface area contributed by atoms with Gasteiger partial charge in [0.1, 0.15) is 6.04 Å². The number of nitrogens with zero attached hydrogens (tertiary/aromatic N) is 1. The van der Waals surface area contributed by atoms with Crippen LogP contribution >= 0.6 is 0 Å². The lowest BCUT2D eigenvalue weighted by atomic mass is 10.1. The van der Waals surface area contributed by atoms with Gasteiger partial charge in [-0.2, -0.15) is 0 Å². The van der Waals surface area contributed by atoms with E-state index in [-0.39, 0.29) is 11.9 Å². The van der Waals surface area contributed by atoms with Crippen molar-refractivity contribution in [2.75, 3.05) is 28.6 Å². The first-order valence-corrected chi connectivity index (χ1v) is 9.11. The van der Waals surface area contributed by atoms with Crippen molar-refractivity contribution < 1.29 is 4.79 Å². The number of amides is 1. The van der Waals surface area contributed by atoms with Crippen molar-refractivity contribution in [3.63, 3.8) is 0 Å². The van der Waals surface area contributed by atoms with Crippen LogP contribution < -0.4 is 15.5 Å². The van der Waals surface area contributed by atoms with Gasteiger partial charge in [-0.25, -0.2) is 0 Å². The molecule has 2 aromatic carbocycles. The molecular weight excluding hydrogens is 310 g/mol. The maximum absolute atomic E-state index is 12.5. The summed E-state index contributed by atoms with van der Waals surface area (Å²) in [5, 5.41) is 6.36. The van der Waals surface area contributed by atoms with E-state index in [2.05, 4.69) is 33.7 Å². The van der Waals surface area contributed by atoms with Crippen LogP contribution in [0.5, 0.6) is 0 Å². The van der Waals surface area contributed by atoms with Gasteiger partial charge in [-0.3, -0.25) is 4.79 Å². The highest BCUT2D eigenvalue weighted by Crippen LogP contribution is 2.28. The van der Waals surface area contributed by atoms with Gasteiger partial charge in [0.2, 0.25) is 5.91 Å². The highest BCUT2D eigenvalue weighted by atomic mass is 16.2. The SMILES string of the molecule is Cc1ccc(NC(=O)C(C)Nc2ccccc2N2CCCCC2)cc1. The minimum Gasteiger partial charge on any atom is -0.372 e. The molecule has 25 heavy (non-hydrogen) atoms. The first-order valence-electron chi connectivity index (χ1n) is 9.11. The van der Waals surface area contributed by atoms with Gasteiger partial charge in [0.05, 0.1) is 11.4 Å². The zero-order chi connectivity index (χ0) is 17.6. The fourth-order valence-electron chi connectivity index (χ4n) is 3.19. The van der Waals surface area contributed by atoms with E-state index in [1.54, 1.807) is 0 Å². The summed E-state index contributed by atoms with van der Waals surface area (Å²) >= 11 is 0. The summed E-state index contributed by atoms with van der Waals surface area (Å²) in [6.07, 6.45) is 3.77. The van der Waals surface area contributed by atoms with Crippen molar-refractivity contribution >= 4 is 23.0 Å². The molecule has 0 spiro atoms. The molecule has 0 radical (unpaired) electrons. The van der Waals surface area contributed by atoms with Gasteiger partial charge in [-0.1, -0.05) is 29.8 Å². The Morgan fingerprint density at radius 2 is 1.68 bits per heavy atom. The van der Waals surface area contributed by atoms with Crippen molar-refractivity contribution in [3.05, 3.63) is 54.1 Å². The first kappa shape index (κ1) is 17.3. The fourth-order valence-corrected chi connectivity index (χ4v) is 3.19. The van der Waals surface area contributed by atoms with Crippen molar-refractivity contribution in [2.24, 2.45) is 0 Å². The Labute approximate surface area is 150 Å². The molecule has 0 aliphatic carbocycles. The summed E-state index contributed by atoms with van der Waals surface area (Å²) in [4.78, 5) is 14.9. The molecule has 0 saturated carbocycles. The molecule has 4 nitrogen and oxygen atoms in total. The summed E-state index contributed by atoms with van der Waals surface area (Å²) < 4.78 is 0. The highest BCUT2D eigenvalue weighted by Gasteiger charge is 2.18. The van der Waals surface area contributed by atoms with E-state index < -0.39 is 0 Å². The molecular formula is C21H27N3O. The molecule has 1 saturated heterocycles. The van der Waals surface area contributed by atoms with Crippen LogP contribution in [-0.4, -0.2) is 25.0 Å². The van der Waals surface area contributed by atoms with E-state index in [4.69, 9.17) is 0 Å². The van der Waals surface area contributed by atoms with Crippen LogP contribution in [0.2, 0.25) is 0 Å². The Morgan fingerprint density at radius 1 is 1.00 bits per heavy atom. The predicted molar refractivity (Wildman–Crippen MR) is 105 cm³/mol. The molecule has 2 N–H and O–H groups in total. The molecule has 2 aromatic rings. The van der Waals surface area contributed by atoms with E-state index in [0.29, 0.717) is 0 Å². The number of hydrogen-bond donors (Lipinski definition) is 2. The standard InChI is InChI=1S/C21H27N3O/c1-16-10-12-18(13-11-16)23-21(25)17(2)22-19-8-4-5-9-20(19)24-14-6-3-7-15-24/h4-5,8-13,17,22H,3,6-7,14-15H2,1-2H3,(H,23,25). The molecule has 1 fully saturated rings. The third kappa shape index (κ3) is 4.53. The molecule has 0 bridgehead atoms. The predicted octanol–water partition coefficient (Wildman–Crippen LogP) is 4.42. The molecule has 1 heterocycles. The lowest BCUT2D eigenvalue weighted by Gasteiger charge is -2.31. The number of piperidine rings is 1. The Hall–Kier alpha value is -2.49. The molecule has 3 rings (SSSR count). The monoisotopic (exact) mass is 337 g/mol. The normalized spacial score (nSPS) is 15.5. The summed E-state index contributed by atoms with van der Waals surface area (Å²) in [5.74, 6) is -0.0303. The van der Waals surface area contributed by atoms with E-state index in [1.165, 1.54) is 30.5 Å². The number of carbonyl (C=O) groups is 1. The summed E-state index contributed by atoms with van der Waals surface area (Å²) in [6.45, 7) is 6.11. The lowest BCUT2D eigenvalue weighted by Crippen LogP contribution is -2.34. The number of benzene rings is 2. The van der Waals surface area contributed by atoms with Crippen LogP contribution in [0.4, 0.5) is 17.1 Å². The summed E-state index contributed by atoms with van der Waals surface area (Å²) in [5.41, 5.74) is 4.22. The number of anilines is 3. The third-order valence-corrected chi connectivity index (χ3v) is 4.69. The Balaban J connectivity index is 1.66. The largest absolute Gasteiger partial charge is 0.372 e. The Morgan fingerprint density at radius 3 is 2.40 bits per heavy atom. The van der Waals surface area contributed by atoms with Gasteiger partial charge in [-0.05, 0) is 57.4 Å². The quantitative estimate of drug-likeness (QED) is 0.848. The topological polar surface area (TPSA) is 44.4 Å². The average Bonchev–Trinajstić information content (AvgIpc) is 2.64. The zero-order valence-corrected chi connectivity index (χ0v) is 15.1. The van der Waals surface area contributed by atoms with E-state index in [0.717, 1.165) is 24.5 Å². The molecule has 1 amide bonds. The van der Waals surface area contributed by atoms with Crippen LogP contribution in [0.25, 0.3) is 0 Å². The molecule has 1 aliphatic heterocycles. The average molecular weight is 337 g/mol. The molecule has 1 atom stereocenters. The second-order valence-electron chi connectivity index (χ2n) is 6.79. The van der Waals surface area contributed by atoms with Crippen molar-refractivity contribution in [1.82, 2.24) is 0 Å². The number of aryl methyl sites for hydroxylation is 1. The maximum atomic E-state index is 12.5. The van der Waals surface area contributed by atoms with E-state index in [1.807, 2.05) is 44.2 Å². The smallest absolute Gasteiger partial charge is 0.246 e. The molecule has 0 aromatic heterocycles. The van der Waals surface area contributed by atoms with Gasteiger partial charge >= 0.3 is 0 Å². The fraction of sp³-hybridized carbons (Fsp3) is 0.381. The van der Waals surface area contributed by atoms with Gasteiger partial charge in [0.15, 0.2) is 0 Å². The number of rotatable bonds is 5. The van der Waals surface area contributed by atoms with E-state index in [9.17, 15) is 4.79 Å². The minimum atomic E-state index is -0.313. The Bertz CT molecular complexity index is 705. The zero-order valence-electron chi connectivity index (χ0n) is 15.1. The molecule has 1 aliphatic rings. The molecule has 132 valence electrons. The second-order valence-corrected chi connectivity index (χ2v) is 6.79. The maximum Gasteiger partial charge on any atom is 0.246 e. The van der Waals surface area contributed by atoms with Crippen LogP contribution in [0.3, 0.4) is 0 Å². The number of nitrogens with one attached hydrogen (secondary N) is 2. The van der Waals surface area contributed by atoms with E-state index >= 15 is 0 Å². The van der Waals surface area contributed by atoms with Gasteiger partial charge in [0, 0.05) is 18.8 Å². The molecule has 1 unspecified atom stereocenters.